The maximum atomic E-state index is 10.8. The Labute approximate surface area is 126 Å². The highest BCUT2D eigenvalue weighted by Crippen LogP contribution is 2.31. The summed E-state index contributed by atoms with van der Waals surface area (Å²) in [6.07, 6.45) is 0. The lowest BCUT2D eigenvalue weighted by atomic mass is 10.2. The van der Waals surface area contributed by atoms with Crippen LogP contribution >= 0.6 is 50.6 Å². The van der Waals surface area contributed by atoms with Gasteiger partial charge in [-0.05, 0) is 23.8 Å². The van der Waals surface area contributed by atoms with Crippen LogP contribution in [-0.2, 0) is 5.75 Å². The Kier molecular flexibility index (Phi) is 4.72. The van der Waals surface area contributed by atoms with Crippen LogP contribution in [-0.4, -0.2) is 11.1 Å². The molecule has 0 aliphatic rings. The Morgan fingerprint density at radius 1 is 1.44 bits per heavy atom. The largest absolute Gasteiger partial charge is 0.477 e. The minimum absolute atomic E-state index is 0.361. The molecule has 1 heterocycles. The molecule has 0 bridgehead atoms. The highest BCUT2D eigenvalue weighted by atomic mass is 79.9. The fraction of sp³-hybridized carbons (Fsp3) is 0.0833. The summed E-state index contributed by atoms with van der Waals surface area (Å²) in [5.41, 5.74) is 1.04. The number of carboxylic acid groups (broad SMARTS) is 1. The lowest BCUT2D eigenvalue weighted by Gasteiger charge is -2.03. The van der Waals surface area contributed by atoms with E-state index >= 15 is 0 Å². The molecule has 0 radical (unpaired) electrons. The summed E-state index contributed by atoms with van der Waals surface area (Å²) in [4.78, 5) is 12.1. The SMILES string of the molecule is O=C(O)c1cc(SCc2ccc(Br)cc2Cl)cs1. The minimum atomic E-state index is -0.881. The molecular formula is C12H8BrClO2S2. The van der Waals surface area contributed by atoms with Crippen LogP contribution in [0.3, 0.4) is 0 Å². The summed E-state index contributed by atoms with van der Waals surface area (Å²) in [7, 11) is 0. The van der Waals surface area contributed by atoms with Crippen molar-refractivity contribution in [1.29, 1.82) is 0 Å². The number of carbonyl (C=O) groups is 1. The van der Waals surface area contributed by atoms with E-state index in [0.717, 1.165) is 20.7 Å². The molecular weight excluding hydrogens is 356 g/mol. The molecule has 1 aromatic carbocycles. The third-order valence-corrected chi connectivity index (χ3v) is 5.13. The van der Waals surface area contributed by atoms with E-state index in [4.69, 9.17) is 16.7 Å². The third-order valence-electron chi connectivity index (χ3n) is 2.20. The number of halogens is 2. The molecule has 18 heavy (non-hydrogen) atoms. The monoisotopic (exact) mass is 362 g/mol. The number of rotatable bonds is 4. The fourth-order valence-corrected chi connectivity index (χ4v) is 4.00. The lowest BCUT2D eigenvalue weighted by molar-refractivity contribution is 0.0702. The molecule has 0 saturated heterocycles. The van der Waals surface area contributed by atoms with Gasteiger partial charge in [0.2, 0.25) is 0 Å². The average molecular weight is 364 g/mol. The van der Waals surface area contributed by atoms with Crippen molar-refractivity contribution >= 4 is 56.6 Å². The van der Waals surface area contributed by atoms with Gasteiger partial charge in [0, 0.05) is 25.5 Å². The Morgan fingerprint density at radius 2 is 2.22 bits per heavy atom. The molecule has 0 spiro atoms. The summed E-state index contributed by atoms with van der Waals surface area (Å²) >= 11 is 12.3. The number of hydrogen-bond donors (Lipinski definition) is 1. The molecule has 0 fully saturated rings. The van der Waals surface area contributed by atoms with Gasteiger partial charge >= 0.3 is 5.97 Å². The second-order valence-electron chi connectivity index (χ2n) is 3.48. The number of thioether (sulfide) groups is 1. The van der Waals surface area contributed by atoms with Crippen molar-refractivity contribution < 1.29 is 9.90 Å². The van der Waals surface area contributed by atoms with E-state index in [1.54, 1.807) is 17.8 Å². The summed E-state index contributed by atoms with van der Waals surface area (Å²) in [6.45, 7) is 0. The van der Waals surface area contributed by atoms with Crippen molar-refractivity contribution in [3.05, 3.63) is 49.6 Å². The first-order valence-corrected chi connectivity index (χ1v) is 7.98. The van der Waals surface area contributed by atoms with Crippen molar-refractivity contribution in [2.45, 2.75) is 10.6 Å². The molecule has 0 aliphatic heterocycles. The Bertz CT molecular complexity index is 583. The molecule has 1 aromatic heterocycles. The predicted molar refractivity (Wildman–Crippen MR) is 80.0 cm³/mol. The molecule has 0 amide bonds. The number of hydrogen-bond acceptors (Lipinski definition) is 3. The first kappa shape index (κ1) is 13.9. The lowest BCUT2D eigenvalue weighted by Crippen LogP contribution is -1.89. The fourth-order valence-electron chi connectivity index (χ4n) is 1.31. The smallest absolute Gasteiger partial charge is 0.345 e. The van der Waals surface area contributed by atoms with Crippen LogP contribution in [0.2, 0.25) is 5.02 Å². The molecule has 0 atom stereocenters. The quantitative estimate of drug-likeness (QED) is 0.763. The number of aromatic carboxylic acids is 1. The van der Waals surface area contributed by atoms with E-state index in [0.29, 0.717) is 9.90 Å². The van der Waals surface area contributed by atoms with Crippen molar-refractivity contribution in [3.63, 3.8) is 0 Å². The van der Waals surface area contributed by atoms with Crippen molar-refractivity contribution in [2.75, 3.05) is 0 Å². The standard InChI is InChI=1S/C12H8BrClO2S2/c13-8-2-1-7(10(14)3-8)5-17-9-4-11(12(15)16)18-6-9/h1-4,6H,5H2,(H,15,16). The van der Waals surface area contributed by atoms with Gasteiger partial charge in [-0.15, -0.1) is 23.1 Å². The molecule has 0 saturated carbocycles. The van der Waals surface area contributed by atoms with Crippen LogP contribution in [0, 0.1) is 0 Å². The van der Waals surface area contributed by atoms with Crippen molar-refractivity contribution in [3.8, 4) is 0 Å². The van der Waals surface area contributed by atoms with Crippen molar-refractivity contribution in [1.82, 2.24) is 0 Å². The molecule has 94 valence electrons. The van der Waals surface area contributed by atoms with Gasteiger partial charge in [-0.25, -0.2) is 4.79 Å². The van der Waals surface area contributed by atoms with Gasteiger partial charge in [0.05, 0.1) is 0 Å². The molecule has 0 aliphatic carbocycles. The van der Waals surface area contributed by atoms with Crippen LogP contribution in [0.4, 0.5) is 0 Å². The number of benzene rings is 1. The van der Waals surface area contributed by atoms with E-state index in [1.165, 1.54) is 11.3 Å². The van der Waals surface area contributed by atoms with Crippen LogP contribution in [0.1, 0.15) is 15.2 Å². The molecule has 2 rings (SSSR count). The van der Waals surface area contributed by atoms with E-state index < -0.39 is 5.97 Å². The van der Waals surface area contributed by atoms with E-state index in [-0.39, 0.29) is 0 Å². The first-order chi connectivity index (χ1) is 8.56. The zero-order valence-electron chi connectivity index (χ0n) is 9.02. The Hall–Kier alpha value is -0.490. The molecule has 6 heteroatoms. The highest BCUT2D eigenvalue weighted by molar-refractivity contribution is 9.10. The van der Waals surface area contributed by atoms with Gasteiger partial charge in [-0.1, -0.05) is 33.6 Å². The summed E-state index contributed by atoms with van der Waals surface area (Å²) < 4.78 is 0.949. The van der Waals surface area contributed by atoms with Gasteiger partial charge in [-0.2, -0.15) is 0 Å². The second-order valence-corrected chi connectivity index (χ2v) is 6.76. The summed E-state index contributed by atoms with van der Waals surface area (Å²) in [6, 6.07) is 7.44. The third kappa shape index (κ3) is 3.51. The normalized spacial score (nSPS) is 10.6. The van der Waals surface area contributed by atoms with Gasteiger partial charge < -0.3 is 5.11 Å². The first-order valence-electron chi connectivity index (χ1n) is 4.95. The maximum Gasteiger partial charge on any atom is 0.345 e. The zero-order chi connectivity index (χ0) is 13.1. The molecule has 0 unspecified atom stereocenters. The van der Waals surface area contributed by atoms with E-state index in [9.17, 15) is 4.79 Å². The Balaban J connectivity index is 2.04. The number of carboxylic acids is 1. The van der Waals surface area contributed by atoms with Crippen LogP contribution in [0.25, 0.3) is 0 Å². The van der Waals surface area contributed by atoms with E-state index in [2.05, 4.69) is 15.9 Å². The highest BCUT2D eigenvalue weighted by Gasteiger charge is 2.08. The van der Waals surface area contributed by atoms with Crippen LogP contribution in [0.5, 0.6) is 0 Å². The maximum absolute atomic E-state index is 10.8. The topological polar surface area (TPSA) is 37.3 Å². The summed E-state index contributed by atoms with van der Waals surface area (Å²) in [5.74, 6) is -0.157. The molecule has 2 nitrogen and oxygen atoms in total. The molecule has 1 N–H and O–H groups in total. The molecule has 2 aromatic rings. The second kappa shape index (κ2) is 6.10. The zero-order valence-corrected chi connectivity index (χ0v) is 13.0. The average Bonchev–Trinajstić information content (AvgIpc) is 2.76. The van der Waals surface area contributed by atoms with Crippen molar-refractivity contribution in [2.24, 2.45) is 0 Å². The van der Waals surface area contributed by atoms with Crippen LogP contribution < -0.4 is 0 Å². The van der Waals surface area contributed by atoms with Crippen LogP contribution in [0.15, 0.2) is 39.0 Å². The minimum Gasteiger partial charge on any atom is -0.477 e. The Morgan fingerprint density at radius 3 is 2.83 bits per heavy atom. The van der Waals surface area contributed by atoms with Gasteiger partial charge in [0.15, 0.2) is 0 Å². The van der Waals surface area contributed by atoms with E-state index in [1.807, 2.05) is 23.6 Å². The predicted octanol–water partition coefficient (Wildman–Crippen LogP) is 5.15. The van der Waals surface area contributed by atoms with Gasteiger partial charge in [0.1, 0.15) is 4.88 Å². The van der Waals surface area contributed by atoms with Gasteiger partial charge in [0.25, 0.3) is 0 Å². The number of thiophene rings is 1. The summed E-state index contributed by atoms with van der Waals surface area (Å²) in [5, 5.41) is 11.4. The van der Waals surface area contributed by atoms with Gasteiger partial charge in [-0.3, -0.25) is 0 Å².